The first-order valence-corrected chi connectivity index (χ1v) is 5.63. The molecule has 0 spiro atoms. The van der Waals surface area contributed by atoms with Crippen LogP contribution >= 0.6 is 0 Å². The van der Waals surface area contributed by atoms with Crippen molar-refractivity contribution in [3.8, 4) is 0 Å². The van der Waals surface area contributed by atoms with Gasteiger partial charge in [0.25, 0.3) is 0 Å². The topological polar surface area (TPSA) is 64.3 Å². The fourth-order valence-corrected chi connectivity index (χ4v) is 1.98. The maximum atomic E-state index is 5.53. The molecule has 1 aromatic rings. The number of nitrogens with zero attached hydrogens (tertiary/aromatic N) is 3. The van der Waals surface area contributed by atoms with E-state index in [1.807, 2.05) is 6.07 Å². The maximum Gasteiger partial charge on any atom is 0.144 e. The van der Waals surface area contributed by atoms with E-state index < -0.39 is 0 Å². The number of hydrogen-bond donors (Lipinski definition) is 1. The van der Waals surface area contributed by atoms with E-state index in [2.05, 4.69) is 14.9 Å². The third-order valence-electron chi connectivity index (χ3n) is 2.97. The second-order valence-corrected chi connectivity index (χ2v) is 3.96. The van der Waals surface area contributed by atoms with E-state index in [1.165, 1.54) is 0 Å². The Hall–Kier alpha value is -1.20. The van der Waals surface area contributed by atoms with Crippen molar-refractivity contribution in [2.45, 2.75) is 25.5 Å². The Morgan fingerprint density at radius 3 is 2.88 bits per heavy atom. The number of methoxy groups -OCH3 is 1. The van der Waals surface area contributed by atoms with Crippen molar-refractivity contribution < 1.29 is 4.74 Å². The van der Waals surface area contributed by atoms with Gasteiger partial charge in [0.05, 0.1) is 12.6 Å². The minimum Gasteiger partial charge on any atom is -0.381 e. The smallest absolute Gasteiger partial charge is 0.144 e. The van der Waals surface area contributed by atoms with Crippen LogP contribution in [0.3, 0.4) is 0 Å². The van der Waals surface area contributed by atoms with Gasteiger partial charge >= 0.3 is 0 Å². The van der Waals surface area contributed by atoms with Crippen LogP contribution in [-0.4, -0.2) is 36.3 Å². The molecule has 0 aromatic carbocycles. The molecule has 0 unspecified atom stereocenters. The summed E-state index contributed by atoms with van der Waals surface area (Å²) in [5.41, 5.74) is 5.53. The van der Waals surface area contributed by atoms with Crippen LogP contribution in [0.5, 0.6) is 0 Å². The number of nitrogens with two attached hydrogens (primary N) is 1. The molecule has 0 radical (unpaired) electrons. The highest BCUT2D eigenvalue weighted by molar-refractivity contribution is 5.37. The molecule has 1 aliphatic rings. The van der Waals surface area contributed by atoms with Crippen LogP contribution < -0.4 is 10.6 Å². The number of hydrogen-bond acceptors (Lipinski definition) is 5. The zero-order valence-electron chi connectivity index (χ0n) is 9.59. The van der Waals surface area contributed by atoms with Crippen LogP contribution in [0.25, 0.3) is 0 Å². The summed E-state index contributed by atoms with van der Waals surface area (Å²) < 4.78 is 5.34. The van der Waals surface area contributed by atoms with Crippen molar-refractivity contribution in [3.05, 3.63) is 18.1 Å². The maximum absolute atomic E-state index is 5.53. The summed E-state index contributed by atoms with van der Waals surface area (Å²) in [7, 11) is 1.78. The highest BCUT2D eigenvalue weighted by atomic mass is 16.5. The first kappa shape index (κ1) is 11.3. The second-order valence-electron chi connectivity index (χ2n) is 3.96. The Labute approximate surface area is 95.6 Å². The average molecular weight is 222 g/mol. The molecule has 0 aliphatic carbocycles. The lowest BCUT2D eigenvalue weighted by Gasteiger charge is -2.32. The molecule has 0 amide bonds. The molecule has 0 bridgehead atoms. The van der Waals surface area contributed by atoms with Crippen LogP contribution in [0, 0.1) is 0 Å². The summed E-state index contributed by atoms with van der Waals surface area (Å²) in [5, 5.41) is 0. The van der Waals surface area contributed by atoms with Gasteiger partial charge in [0.15, 0.2) is 0 Å². The van der Waals surface area contributed by atoms with Crippen LogP contribution in [-0.2, 0) is 11.3 Å². The minimum absolute atomic E-state index is 0.391. The van der Waals surface area contributed by atoms with Gasteiger partial charge in [-0.1, -0.05) is 0 Å². The highest BCUT2D eigenvalue weighted by Gasteiger charge is 2.19. The van der Waals surface area contributed by atoms with Gasteiger partial charge in [-0.05, 0) is 18.9 Å². The molecule has 2 N–H and O–H groups in total. The summed E-state index contributed by atoms with van der Waals surface area (Å²) in [6.45, 7) is 2.36. The molecule has 1 aromatic heterocycles. The lowest BCUT2D eigenvalue weighted by molar-refractivity contribution is 0.0818. The average Bonchev–Trinajstić information content (AvgIpc) is 2.39. The Bertz CT molecular complexity index is 337. The zero-order chi connectivity index (χ0) is 11.4. The zero-order valence-corrected chi connectivity index (χ0v) is 9.59. The number of ether oxygens (including phenoxy) is 1. The van der Waals surface area contributed by atoms with Gasteiger partial charge < -0.3 is 15.4 Å². The molecular weight excluding hydrogens is 204 g/mol. The second kappa shape index (κ2) is 5.23. The monoisotopic (exact) mass is 222 g/mol. The molecule has 0 saturated carbocycles. The third-order valence-corrected chi connectivity index (χ3v) is 2.97. The third kappa shape index (κ3) is 2.48. The lowest BCUT2D eigenvalue weighted by Crippen LogP contribution is -2.37. The summed E-state index contributed by atoms with van der Waals surface area (Å²) >= 11 is 0. The summed E-state index contributed by atoms with van der Waals surface area (Å²) in [4.78, 5) is 10.8. The fraction of sp³-hybridized carbons (Fsp3) is 0.636. The molecule has 88 valence electrons. The molecular formula is C11H18N4O. The van der Waals surface area contributed by atoms with Crippen LogP contribution in [0.15, 0.2) is 12.3 Å². The van der Waals surface area contributed by atoms with Gasteiger partial charge in [-0.15, -0.1) is 0 Å². The quantitative estimate of drug-likeness (QED) is 0.809. The molecule has 0 atom stereocenters. The number of piperidine rings is 1. The Morgan fingerprint density at radius 1 is 1.50 bits per heavy atom. The summed E-state index contributed by atoms with van der Waals surface area (Å²) in [6, 6.07) is 1.94. The van der Waals surface area contributed by atoms with Gasteiger partial charge in [0.1, 0.15) is 11.6 Å². The van der Waals surface area contributed by atoms with Crippen LogP contribution in [0.4, 0.5) is 5.82 Å². The van der Waals surface area contributed by atoms with Crippen molar-refractivity contribution in [2.75, 3.05) is 25.1 Å². The number of anilines is 1. The Morgan fingerprint density at radius 2 is 2.25 bits per heavy atom. The van der Waals surface area contributed by atoms with Gasteiger partial charge in [-0.3, -0.25) is 0 Å². The molecule has 5 nitrogen and oxygen atoms in total. The first-order valence-electron chi connectivity index (χ1n) is 5.63. The highest BCUT2D eigenvalue weighted by Crippen LogP contribution is 2.18. The molecule has 1 saturated heterocycles. The number of aromatic nitrogens is 2. The predicted octanol–water partition coefficient (Wildman–Crippen LogP) is 0.551. The molecule has 2 heterocycles. The fourth-order valence-electron chi connectivity index (χ4n) is 1.98. The standard InChI is InChI=1S/C11H18N4O/c1-16-9-3-6-15(7-4-9)11-2-5-13-10(8-12)14-11/h2,5,9H,3-4,6-8,12H2,1H3. The Balaban J connectivity index is 2.02. The summed E-state index contributed by atoms with van der Waals surface area (Å²) in [5.74, 6) is 1.68. The van der Waals surface area contributed by atoms with Gasteiger partial charge in [0.2, 0.25) is 0 Å². The van der Waals surface area contributed by atoms with E-state index in [1.54, 1.807) is 13.3 Å². The van der Waals surface area contributed by atoms with Crippen LogP contribution in [0.1, 0.15) is 18.7 Å². The van der Waals surface area contributed by atoms with E-state index in [9.17, 15) is 0 Å². The van der Waals surface area contributed by atoms with E-state index in [-0.39, 0.29) is 0 Å². The molecule has 5 heteroatoms. The number of rotatable bonds is 3. The predicted molar refractivity (Wildman–Crippen MR) is 62.2 cm³/mol. The SMILES string of the molecule is COC1CCN(c2ccnc(CN)n2)CC1. The van der Waals surface area contributed by atoms with E-state index in [0.29, 0.717) is 18.5 Å². The van der Waals surface area contributed by atoms with Crippen molar-refractivity contribution in [3.63, 3.8) is 0 Å². The van der Waals surface area contributed by atoms with E-state index in [4.69, 9.17) is 10.5 Å². The molecule has 2 rings (SSSR count). The molecule has 1 fully saturated rings. The Kier molecular flexibility index (Phi) is 3.69. The van der Waals surface area contributed by atoms with Crippen molar-refractivity contribution in [1.29, 1.82) is 0 Å². The van der Waals surface area contributed by atoms with Crippen molar-refractivity contribution in [2.24, 2.45) is 5.73 Å². The van der Waals surface area contributed by atoms with Crippen LogP contribution in [0.2, 0.25) is 0 Å². The van der Waals surface area contributed by atoms with Gasteiger partial charge in [-0.2, -0.15) is 0 Å². The van der Waals surface area contributed by atoms with Gasteiger partial charge in [0, 0.05) is 26.4 Å². The largest absolute Gasteiger partial charge is 0.381 e. The van der Waals surface area contributed by atoms with Gasteiger partial charge in [-0.25, -0.2) is 9.97 Å². The first-order chi connectivity index (χ1) is 7.83. The normalized spacial score (nSPS) is 17.8. The van der Waals surface area contributed by atoms with E-state index in [0.717, 1.165) is 31.7 Å². The minimum atomic E-state index is 0.391. The van der Waals surface area contributed by atoms with E-state index >= 15 is 0 Å². The lowest BCUT2D eigenvalue weighted by atomic mass is 10.1. The molecule has 16 heavy (non-hydrogen) atoms. The van der Waals surface area contributed by atoms with Crippen molar-refractivity contribution >= 4 is 5.82 Å². The van der Waals surface area contributed by atoms with Crippen molar-refractivity contribution in [1.82, 2.24) is 9.97 Å². The molecule has 1 aliphatic heterocycles. The summed E-state index contributed by atoms with van der Waals surface area (Å²) in [6.07, 6.45) is 4.27.